The molecule has 3 unspecified atom stereocenters. The molecule has 0 N–H and O–H groups in total. The van der Waals surface area contributed by atoms with Gasteiger partial charge in [-0.3, -0.25) is 4.99 Å². The zero-order chi connectivity index (χ0) is 19.7. The van der Waals surface area contributed by atoms with E-state index in [0.717, 1.165) is 49.3 Å². The number of fused-ring (bicyclic) bond motifs is 1. The quantitative estimate of drug-likeness (QED) is 0.715. The molecule has 1 aromatic heterocycles. The third-order valence-electron chi connectivity index (χ3n) is 5.87. The first kappa shape index (κ1) is 18.6. The number of allylic oxidation sites excluding steroid dienone is 2. The highest BCUT2D eigenvalue weighted by molar-refractivity contribution is 6.02. The maximum atomic E-state index is 14.7. The van der Waals surface area contributed by atoms with Crippen LogP contribution in [0.15, 0.2) is 58.1 Å². The van der Waals surface area contributed by atoms with Gasteiger partial charge in [0.1, 0.15) is 23.4 Å². The minimum atomic E-state index is -0.351. The Morgan fingerprint density at radius 1 is 1.43 bits per heavy atom. The first-order valence-corrected chi connectivity index (χ1v) is 9.90. The Labute approximate surface area is 165 Å². The van der Waals surface area contributed by atoms with E-state index in [1.807, 2.05) is 18.2 Å². The number of halogens is 1. The van der Waals surface area contributed by atoms with Gasteiger partial charge in [0.15, 0.2) is 0 Å². The van der Waals surface area contributed by atoms with E-state index in [2.05, 4.69) is 41.0 Å². The Hall–Kier alpha value is -2.78. The molecule has 2 aliphatic heterocycles. The number of nitrogens with zero attached hydrogens (tertiary/aromatic N) is 4. The van der Waals surface area contributed by atoms with E-state index in [-0.39, 0.29) is 17.9 Å². The van der Waals surface area contributed by atoms with Gasteiger partial charge in [-0.15, -0.1) is 0 Å². The van der Waals surface area contributed by atoms with E-state index in [1.165, 1.54) is 6.07 Å². The van der Waals surface area contributed by atoms with E-state index < -0.39 is 0 Å². The van der Waals surface area contributed by atoms with Crippen LogP contribution in [0, 0.1) is 11.7 Å². The molecular weight excluding hydrogens is 351 g/mol. The van der Waals surface area contributed by atoms with Gasteiger partial charge in [0.25, 0.3) is 0 Å². The summed E-state index contributed by atoms with van der Waals surface area (Å²) in [6.45, 7) is 11.7. The predicted octanol–water partition coefficient (Wildman–Crippen LogP) is 4.40. The van der Waals surface area contributed by atoms with Crippen LogP contribution < -0.4 is 4.90 Å². The topological polar surface area (TPSA) is 40.9 Å². The summed E-state index contributed by atoms with van der Waals surface area (Å²) in [6.07, 6.45) is 9.00. The Balaban J connectivity index is 1.63. The Kier molecular flexibility index (Phi) is 5.10. The van der Waals surface area contributed by atoms with Gasteiger partial charge in [0, 0.05) is 18.7 Å². The molecule has 28 heavy (non-hydrogen) atoms. The number of rotatable bonds is 5. The fourth-order valence-electron chi connectivity index (χ4n) is 4.34. The molecule has 1 aromatic rings. The fraction of sp³-hybridized carbons (Fsp3) is 0.391. The van der Waals surface area contributed by atoms with Gasteiger partial charge in [-0.1, -0.05) is 31.7 Å². The van der Waals surface area contributed by atoms with E-state index >= 15 is 0 Å². The van der Waals surface area contributed by atoms with Crippen molar-refractivity contribution in [2.75, 3.05) is 18.0 Å². The monoisotopic (exact) mass is 376 g/mol. The van der Waals surface area contributed by atoms with Gasteiger partial charge in [0.05, 0.1) is 11.6 Å². The molecule has 3 aliphatic rings. The molecule has 1 saturated heterocycles. The summed E-state index contributed by atoms with van der Waals surface area (Å²) in [7, 11) is 0. The van der Waals surface area contributed by atoms with Crippen molar-refractivity contribution in [2.45, 2.75) is 38.3 Å². The predicted molar refractivity (Wildman–Crippen MR) is 114 cm³/mol. The molecule has 3 heterocycles. The van der Waals surface area contributed by atoms with Gasteiger partial charge in [0.2, 0.25) is 0 Å². The zero-order valence-corrected chi connectivity index (χ0v) is 16.2. The number of aromatic nitrogens is 1. The van der Waals surface area contributed by atoms with E-state index in [9.17, 15) is 4.39 Å². The van der Waals surface area contributed by atoms with Crippen LogP contribution >= 0.6 is 0 Å². The second-order valence-electron chi connectivity index (χ2n) is 7.58. The van der Waals surface area contributed by atoms with Crippen LogP contribution in [-0.4, -0.2) is 42.7 Å². The lowest BCUT2D eigenvalue weighted by Crippen LogP contribution is -2.40. The standard InChI is InChI=1S/C23H25FN4/c1-4-20(25-3)16-8-6-12-28(14-16)21-11-10-19(24)23(27-21)18-13-26-22-15(2)7-5-9-17(18)22/h5,7,9-11,16,20,22H,2-4,6,8,12,14H2,1H3. The van der Waals surface area contributed by atoms with Crippen molar-refractivity contribution >= 4 is 24.0 Å². The minimum absolute atomic E-state index is 0.173. The zero-order valence-electron chi connectivity index (χ0n) is 16.2. The molecule has 5 heteroatoms. The number of anilines is 1. The Bertz CT molecular complexity index is 936. The molecule has 0 saturated carbocycles. The van der Waals surface area contributed by atoms with Crippen molar-refractivity contribution in [1.82, 2.24) is 4.98 Å². The molecule has 0 aromatic carbocycles. The first-order valence-electron chi connectivity index (χ1n) is 9.90. The molecule has 144 valence electrons. The van der Waals surface area contributed by atoms with Crippen molar-refractivity contribution in [3.05, 3.63) is 59.6 Å². The summed E-state index contributed by atoms with van der Waals surface area (Å²) in [5, 5.41) is 0. The molecule has 1 fully saturated rings. The SMILES string of the molecule is C=NC(CC)C1CCCN(c2ccc(F)c(C3=C=NC4C(=C)C=CC=C34)n2)C1. The van der Waals surface area contributed by atoms with Gasteiger partial charge in [-0.05, 0) is 55.5 Å². The maximum Gasteiger partial charge on any atom is 0.150 e. The summed E-state index contributed by atoms with van der Waals surface area (Å²) in [6, 6.07) is 3.36. The van der Waals surface area contributed by atoms with E-state index in [4.69, 9.17) is 4.98 Å². The van der Waals surface area contributed by atoms with Crippen LogP contribution in [0.3, 0.4) is 0 Å². The molecule has 1 aliphatic carbocycles. The highest BCUT2D eigenvalue weighted by Gasteiger charge is 2.30. The number of aliphatic imine (C=N–C) groups is 2. The van der Waals surface area contributed by atoms with Gasteiger partial charge >= 0.3 is 0 Å². The maximum absolute atomic E-state index is 14.7. The van der Waals surface area contributed by atoms with Crippen LogP contribution in [0.5, 0.6) is 0 Å². The second kappa shape index (κ2) is 7.69. The highest BCUT2D eigenvalue weighted by atomic mass is 19.1. The molecule has 0 amide bonds. The normalized spacial score (nSPS) is 24.6. The van der Waals surface area contributed by atoms with Crippen LogP contribution in [0.1, 0.15) is 31.9 Å². The number of pyridine rings is 1. The molecule has 0 radical (unpaired) electrons. The number of hydrogen-bond donors (Lipinski definition) is 0. The first-order chi connectivity index (χ1) is 13.6. The summed E-state index contributed by atoms with van der Waals surface area (Å²) < 4.78 is 14.7. The third kappa shape index (κ3) is 3.27. The van der Waals surface area contributed by atoms with Crippen molar-refractivity contribution in [2.24, 2.45) is 15.9 Å². The van der Waals surface area contributed by atoms with Crippen LogP contribution in [0.4, 0.5) is 10.2 Å². The summed E-state index contributed by atoms with van der Waals surface area (Å²) >= 11 is 0. The fourth-order valence-corrected chi connectivity index (χ4v) is 4.34. The summed E-state index contributed by atoms with van der Waals surface area (Å²) in [5.41, 5.74) is 2.74. The van der Waals surface area contributed by atoms with Crippen molar-refractivity contribution in [3.63, 3.8) is 0 Å². The van der Waals surface area contributed by atoms with E-state index in [0.29, 0.717) is 17.2 Å². The molecular formula is C23H25FN4. The summed E-state index contributed by atoms with van der Waals surface area (Å²) in [4.78, 5) is 15.6. The summed E-state index contributed by atoms with van der Waals surface area (Å²) in [5.74, 6) is 3.89. The Morgan fingerprint density at radius 2 is 2.29 bits per heavy atom. The number of hydrogen-bond acceptors (Lipinski definition) is 4. The molecule has 3 atom stereocenters. The van der Waals surface area contributed by atoms with Gasteiger partial charge in [-0.25, -0.2) is 14.4 Å². The van der Waals surface area contributed by atoms with E-state index in [1.54, 1.807) is 6.07 Å². The smallest absolute Gasteiger partial charge is 0.150 e. The van der Waals surface area contributed by atoms with Crippen LogP contribution in [0.2, 0.25) is 0 Å². The lowest BCUT2D eigenvalue weighted by molar-refractivity contribution is 0.345. The molecule has 4 rings (SSSR count). The van der Waals surface area contributed by atoms with Gasteiger partial charge < -0.3 is 4.90 Å². The van der Waals surface area contributed by atoms with Crippen molar-refractivity contribution in [1.29, 1.82) is 0 Å². The lowest BCUT2D eigenvalue weighted by Gasteiger charge is -2.36. The van der Waals surface area contributed by atoms with Crippen LogP contribution in [-0.2, 0) is 0 Å². The lowest BCUT2D eigenvalue weighted by atomic mass is 9.89. The minimum Gasteiger partial charge on any atom is -0.356 e. The number of piperidine rings is 1. The van der Waals surface area contributed by atoms with Gasteiger partial charge in [-0.2, -0.15) is 0 Å². The van der Waals surface area contributed by atoms with Crippen molar-refractivity contribution < 1.29 is 4.39 Å². The van der Waals surface area contributed by atoms with Crippen LogP contribution in [0.25, 0.3) is 5.57 Å². The molecule has 4 nitrogen and oxygen atoms in total. The molecule has 0 bridgehead atoms. The highest BCUT2D eigenvalue weighted by Crippen LogP contribution is 2.35. The average Bonchev–Trinajstić information content (AvgIpc) is 3.15. The molecule has 0 spiro atoms. The Morgan fingerprint density at radius 3 is 3.07 bits per heavy atom. The van der Waals surface area contributed by atoms with Crippen molar-refractivity contribution in [3.8, 4) is 0 Å². The third-order valence-corrected chi connectivity index (χ3v) is 5.87. The largest absolute Gasteiger partial charge is 0.356 e. The average molecular weight is 376 g/mol. The second-order valence-corrected chi connectivity index (χ2v) is 7.58.